The molecule has 108 valence electrons. The molecule has 0 atom stereocenters. The maximum Gasteiger partial charge on any atom is 0.311 e. The van der Waals surface area contributed by atoms with Gasteiger partial charge < -0.3 is 15.2 Å². The van der Waals surface area contributed by atoms with Crippen LogP contribution >= 0.6 is 0 Å². The molecule has 1 aliphatic carbocycles. The van der Waals surface area contributed by atoms with Gasteiger partial charge in [0.15, 0.2) is 6.61 Å². The Morgan fingerprint density at radius 3 is 2.70 bits per heavy atom. The van der Waals surface area contributed by atoms with Crippen molar-refractivity contribution in [3.63, 3.8) is 0 Å². The van der Waals surface area contributed by atoms with Gasteiger partial charge in [0.25, 0.3) is 5.91 Å². The number of hydrogen-bond acceptors (Lipinski definition) is 3. The van der Waals surface area contributed by atoms with Crippen molar-refractivity contribution in [3.8, 4) is 5.75 Å². The molecule has 20 heavy (non-hydrogen) atoms. The van der Waals surface area contributed by atoms with Crippen LogP contribution in [0.1, 0.15) is 24.8 Å². The van der Waals surface area contributed by atoms with Crippen LogP contribution in [0.5, 0.6) is 5.75 Å². The Bertz CT molecular complexity index is 508. The summed E-state index contributed by atoms with van der Waals surface area (Å²) in [5.74, 6) is -0.487. The molecule has 0 aromatic heterocycles. The van der Waals surface area contributed by atoms with E-state index in [-0.39, 0.29) is 19.1 Å². The molecule has 0 bridgehead atoms. The maximum atomic E-state index is 11.7. The molecule has 0 spiro atoms. The quantitative estimate of drug-likeness (QED) is 0.830. The predicted molar refractivity (Wildman–Crippen MR) is 73.6 cm³/mol. The first-order valence-electron chi connectivity index (χ1n) is 6.71. The zero-order valence-electron chi connectivity index (χ0n) is 11.5. The Labute approximate surface area is 117 Å². The lowest BCUT2D eigenvalue weighted by Crippen LogP contribution is -2.48. The van der Waals surface area contributed by atoms with Crippen molar-refractivity contribution in [1.82, 2.24) is 5.32 Å². The van der Waals surface area contributed by atoms with Gasteiger partial charge in [-0.1, -0.05) is 18.6 Å². The minimum absolute atomic E-state index is 0.0981. The van der Waals surface area contributed by atoms with Gasteiger partial charge in [-0.3, -0.25) is 9.59 Å². The largest absolute Gasteiger partial charge is 0.484 e. The van der Waals surface area contributed by atoms with Crippen LogP contribution in [0.4, 0.5) is 0 Å². The van der Waals surface area contributed by atoms with Crippen LogP contribution < -0.4 is 10.1 Å². The van der Waals surface area contributed by atoms with Crippen molar-refractivity contribution in [2.75, 3.05) is 13.2 Å². The number of hydrogen-bond donors (Lipinski definition) is 2. The topological polar surface area (TPSA) is 75.6 Å². The average Bonchev–Trinajstić information content (AvgIpc) is 2.34. The number of aryl methyl sites for hydroxylation is 1. The number of ether oxygens (including phenoxy) is 1. The predicted octanol–water partition coefficient (Wildman–Crippen LogP) is 1.74. The molecule has 0 unspecified atom stereocenters. The van der Waals surface area contributed by atoms with Crippen LogP contribution in [0.15, 0.2) is 24.3 Å². The molecule has 0 heterocycles. The van der Waals surface area contributed by atoms with Gasteiger partial charge in [0, 0.05) is 6.54 Å². The van der Waals surface area contributed by atoms with Gasteiger partial charge in [0.05, 0.1) is 5.41 Å². The van der Waals surface area contributed by atoms with E-state index in [0.717, 1.165) is 12.0 Å². The van der Waals surface area contributed by atoms with E-state index in [9.17, 15) is 9.59 Å². The number of rotatable bonds is 6. The summed E-state index contributed by atoms with van der Waals surface area (Å²) in [7, 11) is 0. The second-order valence-electron chi connectivity index (χ2n) is 5.32. The number of amides is 1. The first kappa shape index (κ1) is 14.4. The number of benzene rings is 1. The lowest BCUT2D eigenvalue weighted by atomic mass is 9.69. The van der Waals surface area contributed by atoms with Gasteiger partial charge in [-0.15, -0.1) is 0 Å². The fourth-order valence-electron chi connectivity index (χ4n) is 2.24. The molecule has 0 aliphatic heterocycles. The molecule has 5 nitrogen and oxygen atoms in total. The Balaban J connectivity index is 1.77. The van der Waals surface area contributed by atoms with Gasteiger partial charge in [-0.25, -0.2) is 0 Å². The Morgan fingerprint density at radius 2 is 2.15 bits per heavy atom. The molecular formula is C15H19NO4. The first-order chi connectivity index (χ1) is 9.52. The van der Waals surface area contributed by atoms with Crippen molar-refractivity contribution in [2.24, 2.45) is 5.41 Å². The average molecular weight is 277 g/mol. The van der Waals surface area contributed by atoms with E-state index in [0.29, 0.717) is 18.6 Å². The number of carbonyl (C=O) groups is 2. The fourth-order valence-corrected chi connectivity index (χ4v) is 2.24. The van der Waals surface area contributed by atoms with E-state index in [4.69, 9.17) is 9.84 Å². The Morgan fingerprint density at radius 1 is 1.40 bits per heavy atom. The van der Waals surface area contributed by atoms with Crippen molar-refractivity contribution in [3.05, 3.63) is 29.8 Å². The molecule has 0 saturated heterocycles. The molecule has 1 saturated carbocycles. The lowest BCUT2D eigenvalue weighted by Gasteiger charge is -2.37. The number of carboxylic acids is 1. The summed E-state index contributed by atoms with van der Waals surface area (Å²) < 4.78 is 5.37. The Hall–Kier alpha value is -2.04. The maximum absolute atomic E-state index is 11.7. The molecule has 2 N–H and O–H groups in total. The van der Waals surface area contributed by atoms with Gasteiger partial charge in [-0.2, -0.15) is 0 Å². The lowest BCUT2D eigenvalue weighted by molar-refractivity contribution is -0.154. The molecule has 1 amide bonds. The third kappa shape index (κ3) is 3.29. The van der Waals surface area contributed by atoms with E-state index < -0.39 is 11.4 Å². The normalized spacial score (nSPS) is 16.1. The SMILES string of the molecule is Cc1cccc(OCC(=O)NCC2(C(=O)O)CCC2)c1. The smallest absolute Gasteiger partial charge is 0.311 e. The minimum atomic E-state index is -0.830. The first-order valence-corrected chi connectivity index (χ1v) is 6.71. The molecular weight excluding hydrogens is 258 g/mol. The highest BCUT2D eigenvalue weighted by molar-refractivity contribution is 5.80. The second-order valence-corrected chi connectivity index (χ2v) is 5.32. The molecule has 2 rings (SSSR count). The van der Waals surface area contributed by atoms with Crippen molar-refractivity contribution in [1.29, 1.82) is 0 Å². The second kappa shape index (κ2) is 5.94. The zero-order chi connectivity index (χ0) is 14.6. The van der Waals surface area contributed by atoms with Gasteiger partial charge in [0.2, 0.25) is 0 Å². The van der Waals surface area contributed by atoms with Crippen molar-refractivity contribution >= 4 is 11.9 Å². The van der Waals surface area contributed by atoms with Crippen LogP contribution in [-0.2, 0) is 9.59 Å². The van der Waals surface area contributed by atoms with Crippen LogP contribution in [0, 0.1) is 12.3 Å². The van der Waals surface area contributed by atoms with Gasteiger partial charge in [0.1, 0.15) is 5.75 Å². The fraction of sp³-hybridized carbons (Fsp3) is 0.467. The van der Waals surface area contributed by atoms with Crippen molar-refractivity contribution in [2.45, 2.75) is 26.2 Å². The van der Waals surface area contributed by atoms with E-state index in [1.807, 2.05) is 25.1 Å². The van der Waals surface area contributed by atoms with E-state index in [1.54, 1.807) is 6.07 Å². The summed E-state index contributed by atoms with van der Waals surface area (Å²) in [6.45, 7) is 2.03. The summed E-state index contributed by atoms with van der Waals surface area (Å²) in [5.41, 5.74) is 0.293. The van der Waals surface area contributed by atoms with Crippen molar-refractivity contribution < 1.29 is 19.4 Å². The summed E-state index contributed by atoms with van der Waals surface area (Å²) in [6.07, 6.45) is 2.16. The minimum Gasteiger partial charge on any atom is -0.484 e. The van der Waals surface area contributed by atoms with Gasteiger partial charge in [-0.05, 0) is 37.5 Å². The molecule has 1 aromatic rings. The third-order valence-electron chi connectivity index (χ3n) is 3.75. The molecule has 1 fully saturated rings. The zero-order valence-corrected chi connectivity index (χ0v) is 11.5. The van der Waals surface area contributed by atoms with Gasteiger partial charge >= 0.3 is 5.97 Å². The highest BCUT2D eigenvalue weighted by Gasteiger charge is 2.44. The third-order valence-corrected chi connectivity index (χ3v) is 3.75. The highest BCUT2D eigenvalue weighted by Crippen LogP contribution is 2.40. The highest BCUT2D eigenvalue weighted by atomic mass is 16.5. The van der Waals surface area contributed by atoms with Crippen LogP contribution in [0.25, 0.3) is 0 Å². The summed E-state index contributed by atoms with van der Waals surface area (Å²) in [6, 6.07) is 7.43. The summed E-state index contributed by atoms with van der Waals surface area (Å²) >= 11 is 0. The monoisotopic (exact) mass is 277 g/mol. The molecule has 0 radical (unpaired) electrons. The number of carbonyl (C=O) groups excluding carboxylic acids is 1. The molecule has 1 aliphatic rings. The summed E-state index contributed by atoms with van der Waals surface area (Å²) in [4.78, 5) is 22.8. The number of nitrogens with one attached hydrogen (secondary N) is 1. The Kier molecular flexibility index (Phi) is 4.27. The standard InChI is InChI=1S/C15H19NO4/c1-11-4-2-5-12(8-11)20-9-13(17)16-10-15(14(18)19)6-3-7-15/h2,4-5,8H,3,6-7,9-10H2,1H3,(H,16,17)(H,18,19). The number of carboxylic acid groups (broad SMARTS) is 1. The van der Waals surface area contributed by atoms with Crippen LogP contribution in [0.3, 0.4) is 0 Å². The van der Waals surface area contributed by atoms with Crippen LogP contribution in [-0.4, -0.2) is 30.1 Å². The van der Waals surface area contributed by atoms with E-state index >= 15 is 0 Å². The van der Waals surface area contributed by atoms with Crippen LogP contribution in [0.2, 0.25) is 0 Å². The molecule has 1 aromatic carbocycles. The van der Waals surface area contributed by atoms with E-state index in [2.05, 4.69) is 5.32 Å². The number of aliphatic carboxylic acids is 1. The van der Waals surface area contributed by atoms with E-state index in [1.165, 1.54) is 0 Å². The summed E-state index contributed by atoms with van der Waals surface area (Å²) in [5, 5.41) is 11.8. The molecule has 5 heteroatoms.